The zero-order valence-corrected chi connectivity index (χ0v) is 6.88. The lowest BCUT2D eigenvalue weighted by molar-refractivity contribution is 0.488. The van der Waals surface area contributed by atoms with Gasteiger partial charge in [0.1, 0.15) is 0 Å². The molecule has 2 N–H and O–H groups in total. The molecule has 0 heterocycles. The van der Waals surface area contributed by atoms with Crippen molar-refractivity contribution in [2.45, 2.75) is 26.3 Å². The molecule has 3 atom stereocenters. The fraction of sp³-hybridized carbons (Fsp3) is 1.00. The lowest BCUT2D eigenvalue weighted by Gasteiger charge is -2.14. The third-order valence-electron chi connectivity index (χ3n) is 1.57. The van der Waals surface area contributed by atoms with E-state index in [-0.39, 0.29) is 0 Å². The van der Waals surface area contributed by atoms with Gasteiger partial charge in [0.15, 0.2) is 0 Å². The number of hydrogen-bond donors (Lipinski definition) is 1. The molecule has 0 spiro atoms. The molecular weight excluding hydrogens is 117 g/mol. The van der Waals surface area contributed by atoms with Crippen LogP contribution in [-0.4, -0.2) is 12.2 Å². The van der Waals surface area contributed by atoms with Gasteiger partial charge in [-0.05, 0) is 18.5 Å². The first kappa shape index (κ1) is 8.39. The maximum Gasteiger partial charge on any atom is 0.00650 e. The van der Waals surface area contributed by atoms with Gasteiger partial charge < -0.3 is 5.73 Å². The van der Waals surface area contributed by atoms with Gasteiger partial charge >= 0.3 is 0 Å². The second-order valence-electron chi connectivity index (χ2n) is 2.29. The Labute approximate surface area is 54.2 Å². The standard InChI is InChI=1S/C6H16NP/c1-3-6(7)5(2)4-8/h5-6H,3-4,7-8H2,1-2H3. The molecule has 8 heavy (non-hydrogen) atoms. The van der Waals surface area contributed by atoms with E-state index in [2.05, 4.69) is 23.1 Å². The van der Waals surface area contributed by atoms with Crippen molar-refractivity contribution >= 4 is 9.24 Å². The monoisotopic (exact) mass is 133 g/mol. The van der Waals surface area contributed by atoms with Gasteiger partial charge in [-0.3, -0.25) is 0 Å². The van der Waals surface area contributed by atoms with Crippen LogP contribution in [0.5, 0.6) is 0 Å². The summed E-state index contributed by atoms with van der Waals surface area (Å²) in [6, 6.07) is 0.396. The van der Waals surface area contributed by atoms with Gasteiger partial charge in [-0.15, -0.1) is 9.24 Å². The van der Waals surface area contributed by atoms with Crippen LogP contribution in [0.2, 0.25) is 0 Å². The zero-order valence-electron chi connectivity index (χ0n) is 5.72. The molecule has 0 aromatic rings. The Kier molecular flexibility index (Phi) is 4.50. The topological polar surface area (TPSA) is 26.0 Å². The molecule has 0 aromatic heterocycles. The van der Waals surface area contributed by atoms with Crippen molar-refractivity contribution < 1.29 is 0 Å². The van der Waals surface area contributed by atoms with Crippen LogP contribution >= 0.6 is 9.24 Å². The van der Waals surface area contributed by atoms with Crippen molar-refractivity contribution in [3.05, 3.63) is 0 Å². The van der Waals surface area contributed by atoms with Gasteiger partial charge in [-0.1, -0.05) is 13.8 Å². The highest BCUT2D eigenvalue weighted by atomic mass is 31.0. The van der Waals surface area contributed by atoms with Gasteiger partial charge in [-0.25, -0.2) is 0 Å². The normalized spacial score (nSPS) is 18.0. The fourth-order valence-electron chi connectivity index (χ4n) is 0.577. The van der Waals surface area contributed by atoms with Crippen LogP contribution in [-0.2, 0) is 0 Å². The Morgan fingerprint density at radius 1 is 1.62 bits per heavy atom. The van der Waals surface area contributed by atoms with Gasteiger partial charge in [0.2, 0.25) is 0 Å². The molecule has 0 saturated heterocycles. The van der Waals surface area contributed by atoms with Crippen LogP contribution in [0, 0.1) is 5.92 Å². The lowest BCUT2D eigenvalue weighted by atomic mass is 10.0. The van der Waals surface area contributed by atoms with Gasteiger partial charge in [0, 0.05) is 6.04 Å². The first-order valence-corrected chi connectivity index (χ1v) is 3.99. The Bertz CT molecular complexity index is 48.5. The lowest BCUT2D eigenvalue weighted by Crippen LogP contribution is -2.27. The van der Waals surface area contributed by atoms with Crippen LogP contribution in [0.4, 0.5) is 0 Å². The Balaban J connectivity index is 3.29. The molecule has 0 radical (unpaired) electrons. The highest BCUT2D eigenvalue weighted by Gasteiger charge is 2.06. The second kappa shape index (κ2) is 4.29. The third-order valence-corrected chi connectivity index (χ3v) is 2.32. The average Bonchev–Trinajstić information content (AvgIpc) is 1.84. The van der Waals surface area contributed by atoms with Crippen LogP contribution in [0.3, 0.4) is 0 Å². The molecule has 0 aliphatic heterocycles. The van der Waals surface area contributed by atoms with E-state index >= 15 is 0 Å². The zero-order chi connectivity index (χ0) is 6.57. The second-order valence-corrected chi connectivity index (χ2v) is 2.76. The SMILES string of the molecule is CCC(N)C(C)CP. The van der Waals surface area contributed by atoms with Crippen molar-refractivity contribution in [1.29, 1.82) is 0 Å². The molecule has 0 fully saturated rings. The number of rotatable bonds is 3. The highest BCUT2D eigenvalue weighted by molar-refractivity contribution is 7.16. The Hall–Kier alpha value is 0.390. The predicted octanol–water partition coefficient (Wildman–Crippen LogP) is 1.23. The minimum Gasteiger partial charge on any atom is -0.327 e. The third kappa shape index (κ3) is 2.64. The number of hydrogen-bond acceptors (Lipinski definition) is 1. The minimum absolute atomic E-state index is 0.396. The molecule has 50 valence electrons. The molecule has 0 aliphatic rings. The van der Waals surface area contributed by atoms with Crippen molar-refractivity contribution in [2.75, 3.05) is 6.16 Å². The summed E-state index contributed by atoms with van der Waals surface area (Å²) in [5.74, 6) is 0.657. The average molecular weight is 133 g/mol. The largest absolute Gasteiger partial charge is 0.327 e. The maximum atomic E-state index is 5.71. The van der Waals surface area contributed by atoms with E-state index in [0.717, 1.165) is 12.6 Å². The Morgan fingerprint density at radius 3 is 2.25 bits per heavy atom. The summed E-state index contributed by atoms with van der Waals surface area (Å²) in [5, 5.41) is 0. The fourth-order valence-corrected chi connectivity index (χ4v) is 0.927. The summed E-state index contributed by atoms with van der Waals surface area (Å²) < 4.78 is 0. The first-order chi connectivity index (χ1) is 3.72. The molecule has 2 heteroatoms. The van der Waals surface area contributed by atoms with Crippen LogP contribution in [0.15, 0.2) is 0 Å². The molecule has 0 rings (SSSR count). The molecule has 1 nitrogen and oxygen atoms in total. The van der Waals surface area contributed by atoms with Crippen molar-refractivity contribution in [3.8, 4) is 0 Å². The van der Waals surface area contributed by atoms with E-state index in [4.69, 9.17) is 5.73 Å². The van der Waals surface area contributed by atoms with Gasteiger partial charge in [0.05, 0.1) is 0 Å². The summed E-state index contributed by atoms with van der Waals surface area (Å²) >= 11 is 0. The van der Waals surface area contributed by atoms with E-state index in [1.807, 2.05) is 0 Å². The van der Waals surface area contributed by atoms with Crippen LogP contribution in [0.1, 0.15) is 20.3 Å². The molecule has 0 aromatic carbocycles. The smallest absolute Gasteiger partial charge is 0.00650 e. The van der Waals surface area contributed by atoms with E-state index in [0.29, 0.717) is 12.0 Å². The predicted molar refractivity (Wildman–Crippen MR) is 42.0 cm³/mol. The molecule has 0 amide bonds. The van der Waals surface area contributed by atoms with Crippen molar-refractivity contribution in [3.63, 3.8) is 0 Å². The summed E-state index contributed by atoms with van der Waals surface area (Å²) in [7, 11) is 2.71. The summed E-state index contributed by atoms with van der Waals surface area (Å²) in [6.45, 7) is 4.31. The molecule has 0 bridgehead atoms. The van der Waals surface area contributed by atoms with Crippen LogP contribution in [0.25, 0.3) is 0 Å². The molecular formula is C6H16NP. The highest BCUT2D eigenvalue weighted by Crippen LogP contribution is 2.06. The van der Waals surface area contributed by atoms with E-state index < -0.39 is 0 Å². The molecule has 3 unspecified atom stereocenters. The van der Waals surface area contributed by atoms with Crippen LogP contribution < -0.4 is 5.73 Å². The first-order valence-electron chi connectivity index (χ1n) is 3.18. The van der Waals surface area contributed by atoms with E-state index in [1.165, 1.54) is 0 Å². The van der Waals surface area contributed by atoms with Crippen molar-refractivity contribution in [2.24, 2.45) is 11.7 Å². The minimum atomic E-state index is 0.396. The maximum absolute atomic E-state index is 5.71. The van der Waals surface area contributed by atoms with E-state index in [1.54, 1.807) is 0 Å². The summed E-state index contributed by atoms with van der Waals surface area (Å²) in [6.07, 6.45) is 2.21. The Morgan fingerprint density at radius 2 is 2.12 bits per heavy atom. The van der Waals surface area contributed by atoms with Gasteiger partial charge in [-0.2, -0.15) is 0 Å². The molecule has 0 saturated carbocycles. The van der Waals surface area contributed by atoms with Gasteiger partial charge in [0.25, 0.3) is 0 Å². The molecule has 0 aliphatic carbocycles. The van der Waals surface area contributed by atoms with Crippen molar-refractivity contribution in [1.82, 2.24) is 0 Å². The summed E-state index contributed by atoms with van der Waals surface area (Å²) in [5.41, 5.74) is 5.71. The van der Waals surface area contributed by atoms with E-state index in [9.17, 15) is 0 Å². The summed E-state index contributed by atoms with van der Waals surface area (Å²) in [4.78, 5) is 0. The quantitative estimate of drug-likeness (QED) is 0.576. The number of nitrogens with two attached hydrogens (primary N) is 1.